The quantitative estimate of drug-likeness (QED) is 0.161. The van der Waals surface area contributed by atoms with Crippen molar-refractivity contribution in [2.45, 2.75) is 6.61 Å². The maximum absolute atomic E-state index is 12.1. The Balaban J connectivity index is 1.64. The molecule has 0 saturated carbocycles. The number of ether oxygens (including phenoxy) is 1. The molecule has 1 amide bonds. The second-order valence-corrected chi connectivity index (χ2v) is 8.83. The first-order valence-corrected chi connectivity index (χ1v) is 11.3. The summed E-state index contributed by atoms with van der Waals surface area (Å²) >= 11 is 10.2. The molecule has 158 valence electrons. The average Bonchev–Trinajstić information content (AvgIpc) is 2.73. The van der Waals surface area contributed by atoms with Crippen molar-refractivity contribution < 1.29 is 19.4 Å². The smallest absolute Gasteiger partial charge is 0.335 e. The highest BCUT2D eigenvalue weighted by Crippen LogP contribution is 2.29. The van der Waals surface area contributed by atoms with Gasteiger partial charge in [-0.2, -0.15) is 5.10 Å². The van der Waals surface area contributed by atoms with Crippen LogP contribution in [-0.2, 0) is 6.61 Å². The third kappa shape index (κ3) is 6.37. The summed E-state index contributed by atoms with van der Waals surface area (Å²) in [5, 5.41) is 13.1. The van der Waals surface area contributed by atoms with Crippen LogP contribution in [0.15, 0.2) is 59.8 Å². The van der Waals surface area contributed by atoms with E-state index in [4.69, 9.17) is 21.4 Å². The Hall–Kier alpha value is -2.25. The van der Waals surface area contributed by atoms with E-state index in [1.807, 2.05) is 12.1 Å². The van der Waals surface area contributed by atoms with E-state index >= 15 is 0 Å². The normalized spacial score (nSPS) is 10.8. The molecule has 0 bridgehead atoms. The molecule has 2 N–H and O–H groups in total. The molecule has 31 heavy (non-hydrogen) atoms. The van der Waals surface area contributed by atoms with Gasteiger partial charge >= 0.3 is 5.97 Å². The van der Waals surface area contributed by atoms with Gasteiger partial charge in [0, 0.05) is 6.20 Å². The van der Waals surface area contributed by atoms with Crippen molar-refractivity contribution in [3.05, 3.63) is 89.3 Å². The molecule has 10 heteroatoms. The van der Waals surface area contributed by atoms with E-state index in [9.17, 15) is 9.59 Å². The Kier molecular flexibility index (Phi) is 8.21. The predicted molar refractivity (Wildman–Crippen MR) is 134 cm³/mol. The van der Waals surface area contributed by atoms with Crippen LogP contribution >= 0.6 is 56.8 Å². The number of pyridine rings is 1. The number of aromatic nitrogens is 1. The standard InChI is InChI=1S/C21H14ClI2N3O4/c22-19-15(2-1-7-25-19)20(28)27-26-10-13-8-16(23)18(17(24)9-13)31-11-12-3-5-14(6-4-12)21(29)30/h1-10H,11H2,(H,27,28)(H,29,30). The summed E-state index contributed by atoms with van der Waals surface area (Å²) in [7, 11) is 0. The van der Waals surface area contributed by atoms with Crippen LogP contribution in [0.4, 0.5) is 0 Å². The minimum absolute atomic E-state index is 0.110. The van der Waals surface area contributed by atoms with E-state index < -0.39 is 11.9 Å². The van der Waals surface area contributed by atoms with Crippen LogP contribution in [0.1, 0.15) is 31.8 Å². The number of hydrogen-bond acceptors (Lipinski definition) is 5. The summed E-state index contributed by atoms with van der Waals surface area (Å²) in [6.07, 6.45) is 3.03. The first-order valence-electron chi connectivity index (χ1n) is 8.73. The van der Waals surface area contributed by atoms with E-state index in [-0.39, 0.29) is 16.3 Å². The highest BCUT2D eigenvalue weighted by molar-refractivity contribution is 14.1. The highest BCUT2D eigenvalue weighted by Gasteiger charge is 2.11. The molecule has 1 aromatic heterocycles. The monoisotopic (exact) mass is 661 g/mol. The number of benzene rings is 2. The molecule has 0 fully saturated rings. The SMILES string of the molecule is O=C(O)c1ccc(COc2c(I)cc(C=NNC(=O)c3cccnc3Cl)cc2I)cc1. The second-order valence-electron chi connectivity index (χ2n) is 6.15. The summed E-state index contributed by atoms with van der Waals surface area (Å²) in [5.74, 6) is -0.701. The highest BCUT2D eigenvalue weighted by atomic mass is 127. The maximum atomic E-state index is 12.1. The molecule has 0 spiro atoms. The van der Waals surface area contributed by atoms with Crippen LogP contribution in [0, 0.1) is 7.14 Å². The lowest BCUT2D eigenvalue weighted by atomic mass is 10.1. The number of rotatable bonds is 7. The van der Waals surface area contributed by atoms with Gasteiger partial charge in [-0.1, -0.05) is 23.7 Å². The molecule has 1 heterocycles. The lowest BCUT2D eigenvalue weighted by Gasteiger charge is -2.11. The van der Waals surface area contributed by atoms with E-state index in [2.05, 4.69) is 60.7 Å². The number of carbonyl (C=O) groups is 2. The van der Waals surface area contributed by atoms with Gasteiger partial charge < -0.3 is 9.84 Å². The van der Waals surface area contributed by atoms with Crippen molar-refractivity contribution >= 4 is 74.9 Å². The zero-order valence-electron chi connectivity index (χ0n) is 15.7. The molecule has 0 aliphatic carbocycles. The van der Waals surface area contributed by atoms with Crippen molar-refractivity contribution in [3.63, 3.8) is 0 Å². The van der Waals surface area contributed by atoms with Crippen LogP contribution in [0.2, 0.25) is 5.15 Å². The number of carbonyl (C=O) groups excluding carboxylic acids is 1. The summed E-state index contributed by atoms with van der Waals surface area (Å²) in [6, 6.07) is 13.5. The fourth-order valence-corrected chi connectivity index (χ4v) is 4.80. The van der Waals surface area contributed by atoms with Gasteiger partial charge in [0.2, 0.25) is 0 Å². The molecule has 0 aliphatic rings. The molecule has 0 atom stereocenters. The Labute approximate surface area is 210 Å². The Morgan fingerprint density at radius 1 is 1.16 bits per heavy atom. The Bertz CT molecular complexity index is 1130. The number of amides is 1. The predicted octanol–water partition coefficient (Wildman–Crippen LogP) is 4.99. The molecule has 0 radical (unpaired) electrons. The van der Waals surface area contributed by atoms with E-state index in [0.717, 1.165) is 18.3 Å². The van der Waals surface area contributed by atoms with Crippen molar-refractivity contribution in [1.29, 1.82) is 0 Å². The lowest BCUT2D eigenvalue weighted by molar-refractivity contribution is 0.0696. The molecule has 3 aromatic rings. The molecular formula is C21H14ClI2N3O4. The molecule has 3 rings (SSSR count). The number of hydrogen-bond donors (Lipinski definition) is 2. The zero-order valence-corrected chi connectivity index (χ0v) is 20.8. The third-order valence-corrected chi connectivity index (χ3v) is 5.89. The van der Waals surface area contributed by atoms with Crippen LogP contribution in [0.5, 0.6) is 5.75 Å². The second kappa shape index (κ2) is 10.9. The average molecular weight is 662 g/mol. The van der Waals surface area contributed by atoms with Gasteiger partial charge in [0.15, 0.2) is 0 Å². The van der Waals surface area contributed by atoms with Crippen LogP contribution in [0.25, 0.3) is 0 Å². The zero-order chi connectivity index (χ0) is 22.4. The van der Waals surface area contributed by atoms with Gasteiger partial charge in [0.25, 0.3) is 5.91 Å². The van der Waals surface area contributed by atoms with Crippen molar-refractivity contribution in [3.8, 4) is 5.75 Å². The van der Waals surface area contributed by atoms with E-state index in [1.54, 1.807) is 36.4 Å². The molecular weight excluding hydrogens is 648 g/mol. The van der Waals surface area contributed by atoms with Gasteiger partial charge in [0.05, 0.1) is 24.5 Å². The van der Waals surface area contributed by atoms with Gasteiger partial charge in [-0.25, -0.2) is 15.2 Å². The van der Waals surface area contributed by atoms with Crippen LogP contribution in [-0.4, -0.2) is 28.2 Å². The minimum Gasteiger partial charge on any atom is -0.487 e. The number of nitrogens with zero attached hydrogens (tertiary/aromatic N) is 2. The van der Waals surface area contributed by atoms with Gasteiger partial charge in [-0.05, 0) is 92.7 Å². The van der Waals surface area contributed by atoms with Gasteiger partial charge in [-0.3, -0.25) is 4.79 Å². The molecule has 0 unspecified atom stereocenters. The Morgan fingerprint density at radius 3 is 2.45 bits per heavy atom. The number of halogens is 3. The van der Waals surface area contributed by atoms with Crippen molar-refractivity contribution in [2.75, 3.05) is 0 Å². The Morgan fingerprint density at radius 2 is 1.84 bits per heavy atom. The van der Waals surface area contributed by atoms with Gasteiger partial charge in [-0.15, -0.1) is 0 Å². The molecule has 0 saturated heterocycles. The first kappa shape index (κ1) is 23.4. The van der Waals surface area contributed by atoms with Crippen molar-refractivity contribution in [1.82, 2.24) is 10.4 Å². The van der Waals surface area contributed by atoms with E-state index in [0.29, 0.717) is 12.4 Å². The fourth-order valence-electron chi connectivity index (χ4n) is 2.47. The number of carboxylic acid groups (broad SMARTS) is 1. The largest absolute Gasteiger partial charge is 0.487 e. The minimum atomic E-state index is -0.964. The van der Waals surface area contributed by atoms with Crippen LogP contribution < -0.4 is 10.2 Å². The summed E-state index contributed by atoms with van der Waals surface area (Å²) < 4.78 is 7.66. The van der Waals surface area contributed by atoms with Crippen LogP contribution in [0.3, 0.4) is 0 Å². The number of hydrazone groups is 1. The lowest BCUT2D eigenvalue weighted by Crippen LogP contribution is -2.18. The summed E-state index contributed by atoms with van der Waals surface area (Å²) in [5.41, 5.74) is 4.54. The number of aromatic carboxylic acids is 1. The molecule has 2 aromatic carbocycles. The number of carboxylic acids is 1. The van der Waals surface area contributed by atoms with Gasteiger partial charge in [0.1, 0.15) is 17.5 Å². The first-order chi connectivity index (χ1) is 14.8. The summed E-state index contributed by atoms with van der Waals surface area (Å²) in [4.78, 5) is 26.9. The maximum Gasteiger partial charge on any atom is 0.335 e. The fraction of sp³-hybridized carbons (Fsp3) is 0.0476. The third-order valence-electron chi connectivity index (χ3n) is 3.99. The van der Waals surface area contributed by atoms with Crippen molar-refractivity contribution in [2.24, 2.45) is 5.10 Å². The molecule has 0 aliphatic heterocycles. The topological polar surface area (TPSA) is 101 Å². The molecule has 7 nitrogen and oxygen atoms in total. The number of nitrogens with one attached hydrogen (secondary N) is 1. The van der Waals surface area contributed by atoms with E-state index in [1.165, 1.54) is 12.4 Å². The summed E-state index contributed by atoms with van der Waals surface area (Å²) in [6.45, 7) is 0.307.